The molecule has 1 aromatic heterocycles. The Morgan fingerprint density at radius 2 is 2.28 bits per heavy atom. The minimum atomic E-state index is -0.506. The van der Waals surface area contributed by atoms with Gasteiger partial charge in [0.15, 0.2) is 5.69 Å². The quantitative estimate of drug-likeness (QED) is 0.738. The highest BCUT2D eigenvalue weighted by Crippen LogP contribution is 2.20. The van der Waals surface area contributed by atoms with Gasteiger partial charge in [0.25, 0.3) is 5.91 Å². The van der Waals surface area contributed by atoms with Crippen molar-refractivity contribution in [1.82, 2.24) is 10.1 Å². The Balaban J connectivity index is 2.18. The van der Waals surface area contributed by atoms with Crippen LogP contribution in [0.2, 0.25) is 0 Å². The highest BCUT2D eigenvalue weighted by Gasteiger charge is 2.34. The molecule has 6 heteroatoms. The molecule has 6 nitrogen and oxygen atoms in total. The van der Waals surface area contributed by atoms with E-state index in [0.717, 1.165) is 12.8 Å². The molecule has 1 fully saturated rings. The zero-order valence-electron chi connectivity index (χ0n) is 10.5. The van der Waals surface area contributed by atoms with Gasteiger partial charge in [-0.05, 0) is 26.2 Å². The molecule has 0 bridgehead atoms. The van der Waals surface area contributed by atoms with E-state index in [2.05, 4.69) is 5.16 Å². The molecule has 2 heterocycles. The molecule has 1 aliphatic heterocycles. The SMILES string of the molecule is COC(=O)C1CCCCN1C(=O)c1cc(C)on1. The molecule has 0 aromatic carbocycles. The van der Waals surface area contributed by atoms with Crippen LogP contribution < -0.4 is 0 Å². The van der Waals surface area contributed by atoms with Crippen molar-refractivity contribution >= 4 is 11.9 Å². The Kier molecular flexibility index (Phi) is 3.64. The Hall–Kier alpha value is -1.85. The van der Waals surface area contributed by atoms with Crippen LogP contribution in [0, 0.1) is 6.92 Å². The van der Waals surface area contributed by atoms with E-state index in [4.69, 9.17) is 9.26 Å². The van der Waals surface area contributed by atoms with E-state index >= 15 is 0 Å². The highest BCUT2D eigenvalue weighted by molar-refractivity contribution is 5.95. The Morgan fingerprint density at radius 1 is 1.50 bits per heavy atom. The summed E-state index contributed by atoms with van der Waals surface area (Å²) in [5, 5.41) is 3.69. The van der Waals surface area contributed by atoms with Gasteiger partial charge in [-0.1, -0.05) is 5.16 Å². The van der Waals surface area contributed by atoms with Crippen molar-refractivity contribution in [3.63, 3.8) is 0 Å². The molecule has 18 heavy (non-hydrogen) atoms. The topological polar surface area (TPSA) is 72.6 Å². The molecule has 1 aliphatic rings. The van der Waals surface area contributed by atoms with E-state index in [0.29, 0.717) is 18.7 Å². The van der Waals surface area contributed by atoms with Gasteiger partial charge in [0.1, 0.15) is 11.8 Å². The predicted octanol–water partition coefficient (Wildman–Crippen LogP) is 1.15. The van der Waals surface area contributed by atoms with Crippen molar-refractivity contribution in [1.29, 1.82) is 0 Å². The van der Waals surface area contributed by atoms with E-state index in [9.17, 15) is 9.59 Å². The predicted molar refractivity (Wildman–Crippen MR) is 61.9 cm³/mol. The number of carbonyl (C=O) groups excluding carboxylic acids is 2. The number of hydrogen-bond acceptors (Lipinski definition) is 5. The second-order valence-electron chi connectivity index (χ2n) is 4.36. The van der Waals surface area contributed by atoms with Gasteiger partial charge in [-0.3, -0.25) is 4.79 Å². The highest BCUT2D eigenvalue weighted by atomic mass is 16.5. The van der Waals surface area contributed by atoms with Crippen molar-refractivity contribution in [2.75, 3.05) is 13.7 Å². The third-order valence-corrected chi connectivity index (χ3v) is 3.08. The first-order valence-electron chi connectivity index (χ1n) is 5.95. The molecule has 1 unspecified atom stereocenters. The van der Waals surface area contributed by atoms with Gasteiger partial charge in [0, 0.05) is 12.6 Å². The molecule has 0 radical (unpaired) electrons. The summed E-state index contributed by atoms with van der Waals surface area (Å²) < 4.78 is 9.62. The molecule has 1 amide bonds. The smallest absolute Gasteiger partial charge is 0.328 e. The third-order valence-electron chi connectivity index (χ3n) is 3.08. The molecule has 0 saturated carbocycles. The van der Waals surface area contributed by atoms with Crippen molar-refractivity contribution in [2.24, 2.45) is 0 Å². The fourth-order valence-electron chi connectivity index (χ4n) is 2.17. The third kappa shape index (κ3) is 2.37. The maximum atomic E-state index is 12.2. The zero-order chi connectivity index (χ0) is 13.1. The number of nitrogens with zero attached hydrogens (tertiary/aromatic N) is 2. The normalized spacial score (nSPS) is 19.7. The molecular weight excluding hydrogens is 236 g/mol. The summed E-state index contributed by atoms with van der Waals surface area (Å²) in [6.07, 6.45) is 2.44. The zero-order valence-corrected chi connectivity index (χ0v) is 10.5. The second kappa shape index (κ2) is 5.20. The summed E-state index contributed by atoms with van der Waals surface area (Å²) in [5.74, 6) is -0.0739. The van der Waals surface area contributed by atoms with Gasteiger partial charge < -0.3 is 14.2 Å². The van der Waals surface area contributed by atoms with E-state index < -0.39 is 6.04 Å². The van der Waals surface area contributed by atoms with Gasteiger partial charge >= 0.3 is 5.97 Å². The Morgan fingerprint density at radius 3 is 2.89 bits per heavy atom. The number of likely N-dealkylation sites (tertiary alicyclic amines) is 1. The van der Waals surface area contributed by atoms with E-state index in [1.165, 1.54) is 12.0 Å². The molecule has 98 valence electrons. The Labute approximate surface area is 105 Å². The molecule has 0 spiro atoms. The van der Waals surface area contributed by atoms with Crippen LogP contribution in [0.5, 0.6) is 0 Å². The van der Waals surface area contributed by atoms with Crippen molar-refractivity contribution in [3.05, 3.63) is 17.5 Å². The lowest BCUT2D eigenvalue weighted by molar-refractivity contribution is -0.147. The summed E-state index contributed by atoms with van der Waals surface area (Å²) in [6.45, 7) is 2.27. The molecule has 1 atom stereocenters. The van der Waals surface area contributed by atoms with Gasteiger partial charge in [0.2, 0.25) is 0 Å². The molecular formula is C12H16N2O4. The molecule has 0 N–H and O–H groups in total. The van der Waals surface area contributed by atoms with Crippen LogP contribution in [-0.4, -0.2) is 41.6 Å². The fraction of sp³-hybridized carbons (Fsp3) is 0.583. The van der Waals surface area contributed by atoms with E-state index in [-0.39, 0.29) is 17.6 Å². The number of ether oxygens (including phenoxy) is 1. The molecule has 2 rings (SSSR count). The number of aryl methyl sites for hydroxylation is 1. The van der Waals surface area contributed by atoms with Crippen LogP contribution in [0.15, 0.2) is 10.6 Å². The standard InChI is InChI=1S/C12H16N2O4/c1-8-7-9(13-18-8)11(15)14-6-4-3-5-10(14)12(16)17-2/h7,10H,3-6H2,1-2H3. The number of esters is 1. The molecule has 1 aromatic rings. The average molecular weight is 252 g/mol. The van der Waals surface area contributed by atoms with Crippen molar-refractivity contribution < 1.29 is 18.8 Å². The van der Waals surface area contributed by atoms with E-state index in [1.807, 2.05) is 0 Å². The summed E-state index contributed by atoms with van der Waals surface area (Å²) in [7, 11) is 1.33. The number of aromatic nitrogens is 1. The number of hydrogen-bond donors (Lipinski definition) is 0. The molecule has 1 saturated heterocycles. The van der Waals surface area contributed by atoms with Crippen LogP contribution in [0.1, 0.15) is 35.5 Å². The van der Waals surface area contributed by atoms with Crippen molar-refractivity contribution in [2.45, 2.75) is 32.2 Å². The maximum Gasteiger partial charge on any atom is 0.328 e. The second-order valence-corrected chi connectivity index (χ2v) is 4.36. The average Bonchev–Trinajstić information content (AvgIpc) is 2.83. The minimum absolute atomic E-state index is 0.239. The first-order valence-corrected chi connectivity index (χ1v) is 5.95. The van der Waals surface area contributed by atoms with Crippen molar-refractivity contribution in [3.8, 4) is 0 Å². The lowest BCUT2D eigenvalue weighted by Gasteiger charge is -2.33. The number of rotatable bonds is 2. The summed E-state index contributed by atoms with van der Waals surface area (Å²) in [4.78, 5) is 25.4. The Bertz CT molecular complexity index is 455. The maximum absolute atomic E-state index is 12.2. The first-order chi connectivity index (χ1) is 8.63. The minimum Gasteiger partial charge on any atom is -0.467 e. The number of carbonyl (C=O) groups is 2. The van der Waals surface area contributed by atoms with Crippen LogP contribution in [-0.2, 0) is 9.53 Å². The lowest BCUT2D eigenvalue weighted by Crippen LogP contribution is -2.48. The summed E-state index contributed by atoms with van der Waals surface area (Å²) in [5.41, 5.74) is 0.239. The first kappa shape index (κ1) is 12.6. The summed E-state index contributed by atoms with van der Waals surface area (Å²) >= 11 is 0. The molecule has 0 aliphatic carbocycles. The number of amides is 1. The van der Waals surface area contributed by atoms with Gasteiger partial charge in [0.05, 0.1) is 7.11 Å². The van der Waals surface area contributed by atoms with Gasteiger partial charge in [-0.2, -0.15) is 0 Å². The summed E-state index contributed by atoms with van der Waals surface area (Å²) in [6, 6.07) is 1.07. The van der Waals surface area contributed by atoms with Crippen LogP contribution in [0.3, 0.4) is 0 Å². The van der Waals surface area contributed by atoms with E-state index in [1.54, 1.807) is 13.0 Å². The van der Waals surface area contributed by atoms with Gasteiger partial charge in [-0.15, -0.1) is 0 Å². The fourth-order valence-corrected chi connectivity index (χ4v) is 2.17. The monoisotopic (exact) mass is 252 g/mol. The van der Waals surface area contributed by atoms with Crippen LogP contribution >= 0.6 is 0 Å². The number of piperidine rings is 1. The largest absolute Gasteiger partial charge is 0.467 e. The van der Waals surface area contributed by atoms with Crippen LogP contribution in [0.25, 0.3) is 0 Å². The number of methoxy groups -OCH3 is 1. The van der Waals surface area contributed by atoms with Crippen LogP contribution in [0.4, 0.5) is 0 Å². The lowest BCUT2D eigenvalue weighted by atomic mass is 10.0. The van der Waals surface area contributed by atoms with Gasteiger partial charge in [-0.25, -0.2) is 4.79 Å².